The van der Waals surface area contributed by atoms with Crippen molar-refractivity contribution in [3.05, 3.63) is 36.1 Å². The van der Waals surface area contributed by atoms with Gasteiger partial charge in [-0.1, -0.05) is 24.3 Å². The number of rotatable bonds is 3. The molecule has 76 valence electrons. The van der Waals surface area contributed by atoms with Gasteiger partial charge in [0.05, 0.1) is 13.5 Å². The SMILES string of the molecule is COC(=O)CC1C=CC=C/C1=C\ON. The van der Waals surface area contributed by atoms with Crippen molar-refractivity contribution in [2.24, 2.45) is 11.8 Å². The second-order valence-electron chi connectivity index (χ2n) is 2.88. The van der Waals surface area contributed by atoms with Gasteiger partial charge < -0.3 is 9.57 Å². The molecule has 0 radical (unpaired) electrons. The van der Waals surface area contributed by atoms with Crippen LogP contribution >= 0.6 is 0 Å². The highest BCUT2D eigenvalue weighted by Crippen LogP contribution is 2.22. The smallest absolute Gasteiger partial charge is 0.306 e. The van der Waals surface area contributed by atoms with Gasteiger partial charge in [-0.05, 0) is 5.57 Å². The largest absolute Gasteiger partial charge is 0.469 e. The first-order valence-corrected chi connectivity index (χ1v) is 4.25. The number of carbonyl (C=O) groups is 1. The van der Waals surface area contributed by atoms with E-state index in [4.69, 9.17) is 5.90 Å². The third-order valence-electron chi connectivity index (χ3n) is 1.99. The minimum Gasteiger partial charge on any atom is -0.469 e. The predicted molar refractivity (Wildman–Crippen MR) is 51.8 cm³/mol. The van der Waals surface area contributed by atoms with Crippen LogP contribution in [0.5, 0.6) is 0 Å². The Bertz CT molecular complexity index is 292. The van der Waals surface area contributed by atoms with E-state index in [1.54, 1.807) is 0 Å². The van der Waals surface area contributed by atoms with Crippen LogP contribution in [0.1, 0.15) is 6.42 Å². The van der Waals surface area contributed by atoms with E-state index < -0.39 is 0 Å². The lowest BCUT2D eigenvalue weighted by Gasteiger charge is -2.14. The fourth-order valence-corrected chi connectivity index (χ4v) is 1.25. The maximum absolute atomic E-state index is 11.1. The van der Waals surface area contributed by atoms with Gasteiger partial charge in [0.15, 0.2) is 0 Å². The monoisotopic (exact) mass is 195 g/mol. The summed E-state index contributed by atoms with van der Waals surface area (Å²) in [5, 5.41) is 0. The van der Waals surface area contributed by atoms with E-state index in [0.717, 1.165) is 5.57 Å². The van der Waals surface area contributed by atoms with Gasteiger partial charge in [0.2, 0.25) is 0 Å². The minimum absolute atomic E-state index is 0.0176. The van der Waals surface area contributed by atoms with Gasteiger partial charge in [-0.15, -0.1) is 0 Å². The highest BCUT2D eigenvalue weighted by Gasteiger charge is 2.16. The molecule has 1 unspecified atom stereocenters. The molecule has 1 aliphatic carbocycles. The van der Waals surface area contributed by atoms with Crippen LogP contribution in [0.25, 0.3) is 0 Å². The first kappa shape index (κ1) is 10.5. The molecule has 1 atom stereocenters. The molecule has 1 aliphatic rings. The number of nitrogens with two attached hydrogens (primary N) is 1. The fourth-order valence-electron chi connectivity index (χ4n) is 1.25. The number of carbonyl (C=O) groups excluding carboxylic acids is 1. The zero-order chi connectivity index (χ0) is 10.4. The van der Waals surface area contributed by atoms with E-state index in [9.17, 15) is 4.79 Å². The third kappa shape index (κ3) is 2.74. The topological polar surface area (TPSA) is 61.5 Å². The lowest BCUT2D eigenvalue weighted by Crippen LogP contribution is -2.11. The van der Waals surface area contributed by atoms with Crippen LogP contribution in [0.4, 0.5) is 0 Å². The van der Waals surface area contributed by atoms with E-state index in [2.05, 4.69) is 9.57 Å². The van der Waals surface area contributed by atoms with E-state index in [-0.39, 0.29) is 11.9 Å². The first-order chi connectivity index (χ1) is 6.77. The molecule has 0 fully saturated rings. The summed E-state index contributed by atoms with van der Waals surface area (Å²) in [6.45, 7) is 0. The number of hydrogen-bond acceptors (Lipinski definition) is 4. The molecule has 0 aromatic rings. The lowest BCUT2D eigenvalue weighted by molar-refractivity contribution is -0.141. The molecule has 0 aromatic heterocycles. The Kier molecular flexibility index (Phi) is 3.94. The molecule has 14 heavy (non-hydrogen) atoms. The molecule has 0 bridgehead atoms. The van der Waals surface area contributed by atoms with Crippen molar-refractivity contribution in [2.75, 3.05) is 7.11 Å². The average Bonchev–Trinajstić information content (AvgIpc) is 2.21. The Morgan fingerprint density at radius 1 is 1.64 bits per heavy atom. The molecule has 1 rings (SSSR count). The van der Waals surface area contributed by atoms with E-state index in [0.29, 0.717) is 6.42 Å². The minimum atomic E-state index is -0.252. The quantitative estimate of drug-likeness (QED) is 0.415. The summed E-state index contributed by atoms with van der Waals surface area (Å²) >= 11 is 0. The summed E-state index contributed by atoms with van der Waals surface area (Å²) in [6, 6.07) is 0. The molecule has 4 nitrogen and oxygen atoms in total. The van der Waals surface area contributed by atoms with Crippen LogP contribution in [0.15, 0.2) is 36.1 Å². The van der Waals surface area contributed by atoms with Crippen molar-refractivity contribution in [3.8, 4) is 0 Å². The van der Waals surface area contributed by atoms with Crippen molar-refractivity contribution in [1.82, 2.24) is 0 Å². The molecule has 0 saturated heterocycles. The predicted octanol–water partition coefficient (Wildman–Crippen LogP) is 1.07. The maximum atomic E-state index is 11.1. The van der Waals surface area contributed by atoms with Crippen molar-refractivity contribution in [3.63, 3.8) is 0 Å². The summed E-state index contributed by atoms with van der Waals surface area (Å²) < 4.78 is 4.58. The zero-order valence-corrected chi connectivity index (χ0v) is 7.97. The number of ether oxygens (including phenoxy) is 1. The van der Waals surface area contributed by atoms with Crippen molar-refractivity contribution >= 4 is 5.97 Å². The summed E-state index contributed by atoms with van der Waals surface area (Å²) in [4.78, 5) is 15.5. The second-order valence-corrected chi connectivity index (χ2v) is 2.88. The molecule has 0 aliphatic heterocycles. The Morgan fingerprint density at radius 2 is 2.43 bits per heavy atom. The molecule has 0 saturated carbocycles. The van der Waals surface area contributed by atoms with E-state index in [1.807, 2.05) is 24.3 Å². The summed E-state index contributed by atoms with van der Waals surface area (Å²) in [6.07, 6.45) is 9.21. The molecule has 0 spiro atoms. The first-order valence-electron chi connectivity index (χ1n) is 4.25. The standard InChI is InChI=1S/C10H13NO3/c1-13-10(12)6-8-4-2-3-5-9(8)7-14-11/h2-5,7-8H,6,11H2,1H3/b9-7+. The van der Waals surface area contributed by atoms with Crippen LogP contribution in [-0.4, -0.2) is 13.1 Å². The molecule has 2 N–H and O–H groups in total. The van der Waals surface area contributed by atoms with Gasteiger partial charge in [0.25, 0.3) is 0 Å². The van der Waals surface area contributed by atoms with E-state index >= 15 is 0 Å². The Morgan fingerprint density at radius 3 is 3.07 bits per heavy atom. The fraction of sp³-hybridized carbons (Fsp3) is 0.300. The molecule has 0 heterocycles. The average molecular weight is 195 g/mol. The van der Waals surface area contributed by atoms with Gasteiger partial charge in [0, 0.05) is 5.92 Å². The van der Waals surface area contributed by atoms with Crippen LogP contribution in [-0.2, 0) is 14.4 Å². The third-order valence-corrected chi connectivity index (χ3v) is 1.99. The number of esters is 1. The Hall–Kier alpha value is -1.55. The lowest BCUT2D eigenvalue weighted by atomic mass is 9.92. The van der Waals surface area contributed by atoms with Gasteiger partial charge >= 0.3 is 5.97 Å². The number of hydrogen-bond donors (Lipinski definition) is 1. The zero-order valence-electron chi connectivity index (χ0n) is 7.97. The summed E-state index contributed by atoms with van der Waals surface area (Å²) in [5.74, 6) is 4.66. The summed E-state index contributed by atoms with van der Waals surface area (Å²) in [5.41, 5.74) is 0.861. The van der Waals surface area contributed by atoms with Gasteiger partial charge in [-0.25, -0.2) is 0 Å². The molecular weight excluding hydrogens is 182 g/mol. The van der Waals surface area contributed by atoms with Gasteiger partial charge in [-0.3, -0.25) is 4.79 Å². The van der Waals surface area contributed by atoms with Gasteiger partial charge in [0.1, 0.15) is 6.26 Å². The molecule has 4 heteroatoms. The highest BCUT2D eigenvalue weighted by atomic mass is 16.6. The van der Waals surface area contributed by atoms with Crippen LogP contribution in [0.3, 0.4) is 0 Å². The maximum Gasteiger partial charge on any atom is 0.306 e. The van der Waals surface area contributed by atoms with Gasteiger partial charge in [-0.2, -0.15) is 5.90 Å². The normalized spacial score (nSPS) is 22.4. The highest BCUT2D eigenvalue weighted by molar-refractivity contribution is 5.70. The Labute approximate surface area is 82.6 Å². The van der Waals surface area contributed by atoms with Crippen molar-refractivity contribution in [1.29, 1.82) is 0 Å². The second kappa shape index (κ2) is 5.24. The van der Waals surface area contributed by atoms with Crippen LogP contribution in [0.2, 0.25) is 0 Å². The van der Waals surface area contributed by atoms with E-state index in [1.165, 1.54) is 13.4 Å². The molecule has 0 amide bonds. The number of methoxy groups -OCH3 is 1. The van der Waals surface area contributed by atoms with Crippen molar-refractivity contribution in [2.45, 2.75) is 6.42 Å². The number of allylic oxidation sites excluding steroid dienone is 5. The summed E-state index contributed by atoms with van der Waals surface area (Å²) in [7, 11) is 1.37. The van der Waals surface area contributed by atoms with Crippen LogP contribution in [0, 0.1) is 5.92 Å². The van der Waals surface area contributed by atoms with Crippen LogP contribution < -0.4 is 5.90 Å². The molecule has 0 aromatic carbocycles. The Balaban J connectivity index is 2.66. The molecular formula is C10H13NO3. The van der Waals surface area contributed by atoms with Crippen molar-refractivity contribution < 1.29 is 14.4 Å².